The molecule has 5 heteroatoms. The largest absolute Gasteiger partial charge is 0.370 e. The molecule has 2 atom stereocenters. The van der Waals surface area contributed by atoms with Crippen LogP contribution in [-0.4, -0.2) is 30.5 Å². The first-order valence-corrected chi connectivity index (χ1v) is 8.00. The van der Waals surface area contributed by atoms with Crippen LogP contribution in [0.3, 0.4) is 0 Å². The molecule has 0 spiro atoms. The zero-order valence-electron chi connectivity index (χ0n) is 12.7. The summed E-state index contributed by atoms with van der Waals surface area (Å²) in [6.45, 7) is 1.48. The molecule has 1 aliphatic heterocycles. The van der Waals surface area contributed by atoms with Crippen LogP contribution in [0.1, 0.15) is 23.3 Å². The van der Waals surface area contributed by atoms with Gasteiger partial charge in [0, 0.05) is 17.1 Å². The second kappa shape index (κ2) is 7.13. The minimum absolute atomic E-state index is 0.0865. The Balaban J connectivity index is 1.73. The van der Waals surface area contributed by atoms with Gasteiger partial charge in [-0.25, -0.2) is 0 Å². The van der Waals surface area contributed by atoms with Crippen molar-refractivity contribution in [2.45, 2.75) is 12.1 Å². The lowest BCUT2D eigenvalue weighted by atomic mass is 10.0. The van der Waals surface area contributed by atoms with Crippen molar-refractivity contribution in [3.63, 3.8) is 0 Å². The Morgan fingerprint density at radius 2 is 1.87 bits per heavy atom. The zero-order chi connectivity index (χ0) is 16.2. The number of amides is 1. The molecule has 0 radical (unpaired) electrons. The highest BCUT2D eigenvalue weighted by atomic mass is 35.5. The van der Waals surface area contributed by atoms with Crippen LogP contribution in [0.15, 0.2) is 54.6 Å². The number of halogens is 1. The predicted octanol–water partition coefficient (Wildman–Crippen LogP) is 2.94. The summed E-state index contributed by atoms with van der Waals surface area (Å²) in [5.74, 6) is -0.0865. The SMILES string of the molecule is N[C@@H](C(=O)N1CCO[C@H](c2ccccc2Cl)C1)c1ccccc1. The summed E-state index contributed by atoms with van der Waals surface area (Å²) in [7, 11) is 0. The molecule has 3 rings (SSSR count). The fourth-order valence-corrected chi connectivity index (χ4v) is 3.03. The molecule has 120 valence electrons. The third-order valence-electron chi connectivity index (χ3n) is 4.05. The molecule has 2 aromatic rings. The molecule has 1 aliphatic rings. The lowest BCUT2D eigenvalue weighted by Crippen LogP contribution is -2.46. The maximum Gasteiger partial charge on any atom is 0.244 e. The number of ether oxygens (including phenoxy) is 1. The fourth-order valence-electron chi connectivity index (χ4n) is 2.77. The Bertz CT molecular complexity index is 678. The van der Waals surface area contributed by atoms with Crippen molar-refractivity contribution in [3.8, 4) is 0 Å². The van der Waals surface area contributed by atoms with Gasteiger partial charge in [-0.3, -0.25) is 4.79 Å². The van der Waals surface area contributed by atoms with E-state index in [-0.39, 0.29) is 12.0 Å². The van der Waals surface area contributed by atoms with E-state index in [4.69, 9.17) is 22.1 Å². The highest BCUT2D eigenvalue weighted by molar-refractivity contribution is 6.31. The lowest BCUT2D eigenvalue weighted by molar-refractivity contribution is -0.140. The quantitative estimate of drug-likeness (QED) is 0.941. The number of hydrogen-bond donors (Lipinski definition) is 1. The van der Waals surface area contributed by atoms with Gasteiger partial charge in [0.2, 0.25) is 5.91 Å². The Morgan fingerprint density at radius 1 is 1.17 bits per heavy atom. The number of morpholine rings is 1. The average Bonchev–Trinajstić information content (AvgIpc) is 2.62. The van der Waals surface area contributed by atoms with Gasteiger partial charge in [-0.15, -0.1) is 0 Å². The summed E-state index contributed by atoms with van der Waals surface area (Å²) in [5, 5.41) is 0.652. The average molecular weight is 331 g/mol. The predicted molar refractivity (Wildman–Crippen MR) is 90.1 cm³/mol. The van der Waals surface area contributed by atoms with Gasteiger partial charge in [-0.05, 0) is 11.6 Å². The molecule has 23 heavy (non-hydrogen) atoms. The normalized spacial score (nSPS) is 19.4. The van der Waals surface area contributed by atoms with Gasteiger partial charge in [-0.1, -0.05) is 60.1 Å². The first-order chi connectivity index (χ1) is 11.2. The summed E-state index contributed by atoms with van der Waals surface area (Å²) in [5.41, 5.74) is 7.85. The summed E-state index contributed by atoms with van der Waals surface area (Å²) in [4.78, 5) is 14.4. The molecule has 0 aromatic heterocycles. The highest BCUT2D eigenvalue weighted by Crippen LogP contribution is 2.29. The Morgan fingerprint density at radius 3 is 2.61 bits per heavy atom. The highest BCUT2D eigenvalue weighted by Gasteiger charge is 2.29. The monoisotopic (exact) mass is 330 g/mol. The van der Waals surface area contributed by atoms with E-state index in [1.807, 2.05) is 54.6 Å². The van der Waals surface area contributed by atoms with Crippen molar-refractivity contribution in [3.05, 3.63) is 70.7 Å². The van der Waals surface area contributed by atoms with Gasteiger partial charge in [0.15, 0.2) is 0 Å². The van der Waals surface area contributed by atoms with E-state index in [1.54, 1.807) is 4.90 Å². The van der Waals surface area contributed by atoms with E-state index in [0.717, 1.165) is 11.1 Å². The van der Waals surface area contributed by atoms with Crippen LogP contribution in [0.25, 0.3) is 0 Å². The molecular weight excluding hydrogens is 312 g/mol. The van der Waals surface area contributed by atoms with Crippen molar-refractivity contribution < 1.29 is 9.53 Å². The molecule has 4 nitrogen and oxygen atoms in total. The molecule has 1 heterocycles. The van der Waals surface area contributed by atoms with Crippen molar-refractivity contribution >= 4 is 17.5 Å². The standard InChI is InChI=1S/C18H19ClN2O2/c19-15-9-5-4-8-14(15)16-12-21(10-11-23-16)18(22)17(20)13-6-2-1-3-7-13/h1-9,16-17H,10-12,20H2/t16-,17+/m0/s1. The first kappa shape index (κ1) is 16.0. The molecule has 2 aromatic carbocycles. The molecule has 0 saturated carbocycles. The maximum absolute atomic E-state index is 12.7. The minimum Gasteiger partial charge on any atom is -0.370 e. The van der Waals surface area contributed by atoms with Crippen molar-refractivity contribution in [1.29, 1.82) is 0 Å². The van der Waals surface area contributed by atoms with Crippen LogP contribution < -0.4 is 5.73 Å². The summed E-state index contributed by atoms with van der Waals surface area (Å²) >= 11 is 6.24. The van der Waals surface area contributed by atoms with E-state index in [0.29, 0.717) is 24.7 Å². The number of hydrogen-bond acceptors (Lipinski definition) is 3. The smallest absolute Gasteiger partial charge is 0.244 e. The fraction of sp³-hybridized carbons (Fsp3) is 0.278. The van der Waals surface area contributed by atoms with Gasteiger partial charge < -0.3 is 15.4 Å². The van der Waals surface area contributed by atoms with E-state index >= 15 is 0 Å². The van der Waals surface area contributed by atoms with Crippen LogP contribution in [0, 0.1) is 0 Å². The maximum atomic E-state index is 12.7. The van der Waals surface area contributed by atoms with Crippen molar-refractivity contribution in [2.24, 2.45) is 5.73 Å². The molecule has 0 aliphatic carbocycles. The number of rotatable bonds is 3. The lowest BCUT2D eigenvalue weighted by Gasteiger charge is -2.35. The zero-order valence-corrected chi connectivity index (χ0v) is 13.4. The summed E-state index contributed by atoms with van der Waals surface area (Å²) in [6, 6.07) is 16.3. The number of carbonyl (C=O) groups excluding carboxylic acids is 1. The minimum atomic E-state index is -0.652. The Kier molecular flexibility index (Phi) is 4.96. The van der Waals surface area contributed by atoms with E-state index in [1.165, 1.54) is 0 Å². The number of benzene rings is 2. The van der Waals surface area contributed by atoms with Crippen molar-refractivity contribution in [1.82, 2.24) is 4.90 Å². The summed E-state index contributed by atoms with van der Waals surface area (Å²) in [6.07, 6.45) is -0.218. The van der Waals surface area contributed by atoms with Gasteiger partial charge in [-0.2, -0.15) is 0 Å². The van der Waals surface area contributed by atoms with Crippen LogP contribution in [0.4, 0.5) is 0 Å². The molecule has 1 amide bonds. The van der Waals surface area contributed by atoms with Gasteiger partial charge in [0.25, 0.3) is 0 Å². The molecule has 0 unspecified atom stereocenters. The van der Waals surface area contributed by atoms with Crippen molar-refractivity contribution in [2.75, 3.05) is 19.7 Å². The van der Waals surface area contributed by atoms with Crippen LogP contribution in [-0.2, 0) is 9.53 Å². The van der Waals surface area contributed by atoms with E-state index in [9.17, 15) is 4.79 Å². The third kappa shape index (κ3) is 3.55. The summed E-state index contributed by atoms with van der Waals surface area (Å²) < 4.78 is 5.79. The molecular formula is C18H19ClN2O2. The number of carbonyl (C=O) groups is 1. The van der Waals surface area contributed by atoms with E-state index in [2.05, 4.69) is 0 Å². The Hall–Kier alpha value is -1.88. The van der Waals surface area contributed by atoms with E-state index < -0.39 is 6.04 Å². The van der Waals surface area contributed by atoms with Crippen LogP contribution in [0.5, 0.6) is 0 Å². The van der Waals surface area contributed by atoms with Gasteiger partial charge in [0.05, 0.1) is 13.2 Å². The first-order valence-electron chi connectivity index (χ1n) is 7.62. The molecule has 0 bridgehead atoms. The molecule has 2 N–H and O–H groups in total. The Labute approximate surface area is 140 Å². The topological polar surface area (TPSA) is 55.6 Å². The second-order valence-corrected chi connectivity index (χ2v) is 5.96. The third-order valence-corrected chi connectivity index (χ3v) is 4.40. The van der Waals surface area contributed by atoms with Gasteiger partial charge >= 0.3 is 0 Å². The molecule has 1 saturated heterocycles. The second-order valence-electron chi connectivity index (χ2n) is 5.55. The molecule has 1 fully saturated rings. The van der Waals surface area contributed by atoms with Gasteiger partial charge in [0.1, 0.15) is 12.1 Å². The van der Waals surface area contributed by atoms with Crippen LogP contribution in [0.2, 0.25) is 5.02 Å². The number of nitrogens with two attached hydrogens (primary N) is 1. The van der Waals surface area contributed by atoms with Crippen LogP contribution >= 0.6 is 11.6 Å². The number of nitrogens with zero attached hydrogens (tertiary/aromatic N) is 1.